The molecule has 0 amide bonds. The van der Waals surface area contributed by atoms with E-state index in [2.05, 4.69) is 5.92 Å². The highest BCUT2D eigenvalue weighted by atomic mass is 16.3. The van der Waals surface area contributed by atoms with Crippen LogP contribution < -0.4 is 0 Å². The summed E-state index contributed by atoms with van der Waals surface area (Å²) in [4.78, 5) is 0. The molecule has 2 aliphatic rings. The summed E-state index contributed by atoms with van der Waals surface area (Å²) in [5.74, 6) is 2.69. The number of terminal acetylenes is 1. The zero-order valence-electron chi connectivity index (χ0n) is 10.7. The summed E-state index contributed by atoms with van der Waals surface area (Å²) >= 11 is 0. The first-order valence-electron chi connectivity index (χ1n) is 6.21. The summed E-state index contributed by atoms with van der Waals surface area (Å²) in [7, 11) is 0. The van der Waals surface area contributed by atoms with Crippen molar-refractivity contribution in [2.45, 2.75) is 51.7 Å². The van der Waals surface area contributed by atoms with Gasteiger partial charge in [-0.1, -0.05) is 18.9 Å². The second-order valence-electron chi connectivity index (χ2n) is 5.34. The van der Waals surface area contributed by atoms with Gasteiger partial charge in [0.25, 0.3) is 0 Å². The Morgan fingerprint density at radius 3 is 2.53 bits per heavy atom. The predicted octanol–water partition coefficient (Wildman–Crippen LogP) is 2.18. The molecular formula is C15H20O2. The van der Waals surface area contributed by atoms with E-state index in [1.54, 1.807) is 6.92 Å². The second kappa shape index (κ2) is 3.73. The first-order chi connectivity index (χ1) is 7.92. The largest absolute Gasteiger partial charge is 0.386 e. The molecule has 2 nitrogen and oxygen atoms in total. The van der Waals surface area contributed by atoms with Crippen LogP contribution in [-0.2, 0) is 0 Å². The summed E-state index contributed by atoms with van der Waals surface area (Å²) in [6, 6.07) is 0. The topological polar surface area (TPSA) is 40.5 Å². The fraction of sp³-hybridized carbons (Fsp3) is 0.600. The molecule has 0 aromatic rings. The van der Waals surface area contributed by atoms with E-state index in [0.29, 0.717) is 0 Å². The SMILES string of the molecule is C#CC1=C(C)C2(CC2)[C@@](C)(O)C(O)/C1=C/CC. The van der Waals surface area contributed by atoms with Crippen LogP contribution >= 0.6 is 0 Å². The van der Waals surface area contributed by atoms with Gasteiger partial charge in [-0.2, -0.15) is 0 Å². The third-order valence-corrected chi connectivity index (χ3v) is 4.50. The lowest BCUT2D eigenvalue weighted by Crippen LogP contribution is -2.52. The van der Waals surface area contributed by atoms with Crippen molar-refractivity contribution < 1.29 is 10.2 Å². The minimum Gasteiger partial charge on any atom is -0.386 e. The third-order valence-electron chi connectivity index (χ3n) is 4.50. The zero-order valence-corrected chi connectivity index (χ0v) is 10.7. The molecule has 0 aromatic carbocycles. The highest BCUT2D eigenvalue weighted by molar-refractivity contribution is 5.57. The first-order valence-corrected chi connectivity index (χ1v) is 6.21. The molecule has 2 N–H and O–H groups in total. The van der Waals surface area contributed by atoms with Gasteiger partial charge in [0.2, 0.25) is 0 Å². The molecule has 1 saturated carbocycles. The molecule has 0 aromatic heterocycles. The summed E-state index contributed by atoms with van der Waals surface area (Å²) in [5, 5.41) is 21.0. The van der Waals surface area contributed by atoms with E-state index in [4.69, 9.17) is 6.42 Å². The first kappa shape index (κ1) is 12.4. The number of hydrogen-bond acceptors (Lipinski definition) is 2. The Labute approximate surface area is 103 Å². The highest BCUT2D eigenvalue weighted by Gasteiger charge is 2.63. The number of hydrogen-bond donors (Lipinski definition) is 2. The van der Waals surface area contributed by atoms with Crippen molar-refractivity contribution in [2.24, 2.45) is 5.41 Å². The fourth-order valence-corrected chi connectivity index (χ4v) is 3.17. The van der Waals surface area contributed by atoms with Gasteiger partial charge in [-0.05, 0) is 44.3 Å². The van der Waals surface area contributed by atoms with Crippen LogP contribution in [0.2, 0.25) is 0 Å². The average molecular weight is 232 g/mol. The average Bonchev–Trinajstić information content (AvgIpc) is 3.07. The highest BCUT2D eigenvalue weighted by Crippen LogP contribution is 2.64. The maximum absolute atomic E-state index is 10.6. The molecule has 2 aliphatic carbocycles. The molecule has 0 radical (unpaired) electrons. The lowest BCUT2D eigenvalue weighted by molar-refractivity contribution is -0.0888. The van der Waals surface area contributed by atoms with E-state index in [1.165, 1.54) is 0 Å². The van der Waals surface area contributed by atoms with Gasteiger partial charge in [-0.25, -0.2) is 0 Å². The monoisotopic (exact) mass is 232 g/mol. The van der Waals surface area contributed by atoms with Crippen molar-refractivity contribution >= 4 is 0 Å². The normalized spacial score (nSPS) is 37.4. The Kier molecular flexibility index (Phi) is 2.72. The second-order valence-corrected chi connectivity index (χ2v) is 5.34. The molecular weight excluding hydrogens is 212 g/mol. The van der Waals surface area contributed by atoms with Crippen LogP contribution in [0, 0.1) is 17.8 Å². The Hall–Kier alpha value is -1.04. The smallest absolute Gasteiger partial charge is 0.109 e. The molecule has 17 heavy (non-hydrogen) atoms. The van der Waals surface area contributed by atoms with Crippen LogP contribution in [-0.4, -0.2) is 21.9 Å². The quantitative estimate of drug-likeness (QED) is 0.680. The van der Waals surface area contributed by atoms with E-state index in [0.717, 1.165) is 36.0 Å². The molecule has 0 aliphatic heterocycles. The van der Waals surface area contributed by atoms with E-state index in [9.17, 15) is 10.2 Å². The van der Waals surface area contributed by atoms with Gasteiger partial charge >= 0.3 is 0 Å². The number of rotatable bonds is 1. The maximum Gasteiger partial charge on any atom is 0.109 e. The van der Waals surface area contributed by atoms with Crippen LogP contribution in [0.25, 0.3) is 0 Å². The van der Waals surface area contributed by atoms with Crippen LogP contribution in [0.15, 0.2) is 22.8 Å². The molecule has 92 valence electrons. The minimum absolute atomic E-state index is 0.292. The summed E-state index contributed by atoms with van der Waals surface area (Å²) in [6.07, 6.45) is 9.24. The van der Waals surface area contributed by atoms with Gasteiger partial charge in [0.05, 0.1) is 0 Å². The van der Waals surface area contributed by atoms with E-state index >= 15 is 0 Å². The van der Waals surface area contributed by atoms with Crippen LogP contribution in [0.4, 0.5) is 0 Å². The van der Waals surface area contributed by atoms with E-state index in [-0.39, 0.29) is 5.41 Å². The molecule has 1 fully saturated rings. The summed E-state index contributed by atoms with van der Waals surface area (Å²) in [5.41, 5.74) is 1.19. The Morgan fingerprint density at radius 1 is 1.53 bits per heavy atom. The number of allylic oxidation sites excluding steroid dienone is 1. The Balaban J connectivity index is 2.64. The summed E-state index contributed by atoms with van der Waals surface area (Å²) < 4.78 is 0. The van der Waals surface area contributed by atoms with Crippen molar-refractivity contribution in [1.82, 2.24) is 0 Å². The van der Waals surface area contributed by atoms with Crippen LogP contribution in [0.5, 0.6) is 0 Å². The van der Waals surface area contributed by atoms with Crippen LogP contribution in [0.1, 0.15) is 40.0 Å². The Morgan fingerprint density at radius 2 is 2.12 bits per heavy atom. The van der Waals surface area contributed by atoms with E-state index in [1.807, 2.05) is 19.9 Å². The van der Waals surface area contributed by atoms with Gasteiger partial charge in [0.1, 0.15) is 11.7 Å². The maximum atomic E-state index is 10.6. The molecule has 2 rings (SSSR count). The lowest BCUT2D eigenvalue weighted by atomic mass is 9.66. The molecule has 0 heterocycles. The molecule has 0 saturated heterocycles. The van der Waals surface area contributed by atoms with Crippen molar-refractivity contribution in [2.75, 3.05) is 0 Å². The standard InChI is InChI=1S/C15H20O2/c1-5-7-12-11(6-2)10(3)15(8-9-15)14(4,17)13(12)16/h2,7,13,16-17H,5,8-9H2,1,3-4H3/b12-7+/t13?,14-/m0/s1. The molecule has 1 unspecified atom stereocenters. The summed E-state index contributed by atoms with van der Waals surface area (Å²) in [6.45, 7) is 5.72. The number of aliphatic hydroxyl groups excluding tert-OH is 1. The van der Waals surface area contributed by atoms with Gasteiger partial charge in [0, 0.05) is 11.0 Å². The number of aliphatic hydroxyl groups is 2. The van der Waals surface area contributed by atoms with Gasteiger partial charge in [0.15, 0.2) is 0 Å². The van der Waals surface area contributed by atoms with E-state index < -0.39 is 11.7 Å². The van der Waals surface area contributed by atoms with Gasteiger partial charge in [-0.3, -0.25) is 0 Å². The molecule has 2 atom stereocenters. The van der Waals surface area contributed by atoms with Crippen molar-refractivity contribution in [1.29, 1.82) is 0 Å². The van der Waals surface area contributed by atoms with Crippen LogP contribution in [0.3, 0.4) is 0 Å². The van der Waals surface area contributed by atoms with Crippen molar-refractivity contribution in [3.8, 4) is 12.3 Å². The van der Waals surface area contributed by atoms with Gasteiger partial charge in [-0.15, -0.1) is 6.42 Å². The Bertz CT molecular complexity index is 442. The minimum atomic E-state index is -1.10. The molecule has 1 spiro atoms. The van der Waals surface area contributed by atoms with Gasteiger partial charge < -0.3 is 10.2 Å². The third kappa shape index (κ3) is 1.43. The molecule has 2 heteroatoms. The fourth-order valence-electron chi connectivity index (χ4n) is 3.17. The lowest BCUT2D eigenvalue weighted by Gasteiger charge is -2.44. The van der Waals surface area contributed by atoms with Crippen molar-refractivity contribution in [3.63, 3.8) is 0 Å². The zero-order chi connectivity index (χ0) is 12.8. The molecule has 0 bridgehead atoms. The van der Waals surface area contributed by atoms with Crippen molar-refractivity contribution in [3.05, 3.63) is 22.8 Å². The predicted molar refractivity (Wildman–Crippen MR) is 68.2 cm³/mol.